The molecule has 0 unspecified atom stereocenters. The Hall–Kier alpha value is -2.64. The van der Waals surface area contributed by atoms with Crippen LogP contribution in [-0.4, -0.2) is 16.1 Å². The molecule has 6 nitrogen and oxygen atoms in total. The summed E-state index contributed by atoms with van der Waals surface area (Å²) in [6.07, 6.45) is 0.0333. The largest absolute Gasteiger partial charge is 0.485 e. The Balaban J connectivity index is 1.46. The van der Waals surface area contributed by atoms with Gasteiger partial charge in [0.05, 0.1) is 16.5 Å². The molecule has 0 atom stereocenters. The molecule has 9 heteroatoms. The monoisotopic (exact) mass is 410 g/mol. The van der Waals surface area contributed by atoms with Crippen LogP contribution in [-0.2, 0) is 29.2 Å². The number of halogens is 3. The summed E-state index contributed by atoms with van der Waals surface area (Å²) in [6, 6.07) is 10.4. The van der Waals surface area contributed by atoms with Crippen LogP contribution >= 0.6 is 23.2 Å². The van der Waals surface area contributed by atoms with Gasteiger partial charge in [0.1, 0.15) is 11.6 Å². The SMILES string of the molecule is O=C(Cc1ccc(Cl)c(Cl)c1)OCc1nc(COc2ccc(F)cc2)no1. The number of carbonyl (C=O) groups is 1. The Morgan fingerprint density at radius 1 is 1.07 bits per heavy atom. The van der Waals surface area contributed by atoms with Crippen molar-refractivity contribution < 1.29 is 23.2 Å². The maximum atomic E-state index is 12.8. The minimum absolute atomic E-state index is 0.0333. The Bertz CT molecular complexity index is 931. The van der Waals surface area contributed by atoms with Gasteiger partial charge in [-0.1, -0.05) is 34.4 Å². The van der Waals surface area contributed by atoms with Gasteiger partial charge < -0.3 is 14.0 Å². The lowest BCUT2D eigenvalue weighted by Crippen LogP contribution is -2.08. The van der Waals surface area contributed by atoms with Gasteiger partial charge in [0.15, 0.2) is 13.2 Å². The Kier molecular flexibility index (Phi) is 6.26. The second-order valence-corrected chi connectivity index (χ2v) is 6.25. The number of carbonyl (C=O) groups excluding carboxylic acids is 1. The lowest BCUT2D eigenvalue weighted by molar-refractivity contribution is -0.144. The van der Waals surface area contributed by atoms with Gasteiger partial charge in [-0.05, 0) is 42.0 Å². The van der Waals surface area contributed by atoms with E-state index in [2.05, 4.69) is 10.1 Å². The minimum atomic E-state index is -0.476. The molecule has 0 aliphatic heterocycles. The van der Waals surface area contributed by atoms with E-state index < -0.39 is 5.97 Å². The van der Waals surface area contributed by atoms with Gasteiger partial charge in [-0.25, -0.2) is 4.39 Å². The molecule has 0 amide bonds. The van der Waals surface area contributed by atoms with Crippen molar-refractivity contribution in [1.29, 1.82) is 0 Å². The molecule has 0 spiro atoms. The lowest BCUT2D eigenvalue weighted by atomic mass is 10.1. The molecule has 1 aromatic heterocycles. The van der Waals surface area contributed by atoms with Crippen LogP contribution in [0.5, 0.6) is 5.75 Å². The highest BCUT2D eigenvalue weighted by atomic mass is 35.5. The van der Waals surface area contributed by atoms with Gasteiger partial charge in [0.25, 0.3) is 5.89 Å². The zero-order valence-corrected chi connectivity index (χ0v) is 15.3. The molecule has 140 valence electrons. The van der Waals surface area contributed by atoms with Gasteiger partial charge >= 0.3 is 5.97 Å². The van der Waals surface area contributed by atoms with Crippen LogP contribution in [0.15, 0.2) is 47.0 Å². The first kappa shape index (κ1) is 19.1. The molecular formula is C18H13Cl2FN2O4. The highest BCUT2D eigenvalue weighted by Crippen LogP contribution is 2.23. The summed E-state index contributed by atoms with van der Waals surface area (Å²) in [5, 5.41) is 4.50. The van der Waals surface area contributed by atoms with Crippen molar-refractivity contribution in [2.24, 2.45) is 0 Å². The van der Waals surface area contributed by atoms with Crippen molar-refractivity contribution in [3.8, 4) is 5.75 Å². The van der Waals surface area contributed by atoms with E-state index in [0.29, 0.717) is 21.4 Å². The van der Waals surface area contributed by atoms with Gasteiger partial charge in [-0.15, -0.1) is 0 Å². The molecule has 2 aromatic carbocycles. The first-order valence-corrected chi connectivity index (χ1v) is 8.54. The number of hydrogen-bond donors (Lipinski definition) is 0. The third-order valence-corrected chi connectivity index (χ3v) is 4.12. The van der Waals surface area contributed by atoms with Gasteiger partial charge in [-0.3, -0.25) is 4.79 Å². The van der Waals surface area contributed by atoms with Crippen LogP contribution in [0.1, 0.15) is 17.3 Å². The molecule has 0 N–H and O–H groups in total. The summed E-state index contributed by atoms with van der Waals surface area (Å²) in [6.45, 7) is -0.129. The molecule has 27 heavy (non-hydrogen) atoms. The second-order valence-electron chi connectivity index (χ2n) is 5.43. The molecule has 0 bridgehead atoms. The molecule has 0 aliphatic rings. The van der Waals surface area contributed by atoms with Crippen LogP contribution in [0.4, 0.5) is 4.39 Å². The fourth-order valence-corrected chi connectivity index (χ4v) is 2.42. The van der Waals surface area contributed by atoms with Crippen molar-refractivity contribution in [2.45, 2.75) is 19.6 Å². The number of rotatable bonds is 7. The van der Waals surface area contributed by atoms with Crippen molar-refractivity contribution in [1.82, 2.24) is 10.1 Å². The third-order valence-electron chi connectivity index (χ3n) is 3.38. The topological polar surface area (TPSA) is 74.5 Å². The third kappa shape index (κ3) is 5.67. The minimum Gasteiger partial charge on any atom is -0.485 e. The standard InChI is InChI=1S/C18H13Cl2FN2O4/c19-14-6-1-11(7-15(14)20)8-18(24)26-10-17-22-16(23-27-17)9-25-13-4-2-12(21)3-5-13/h1-7H,8-10H2. The van der Waals surface area contributed by atoms with Crippen LogP contribution < -0.4 is 4.74 Å². The number of hydrogen-bond acceptors (Lipinski definition) is 6. The van der Waals surface area contributed by atoms with E-state index in [1.165, 1.54) is 24.3 Å². The van der Waals surface area contributed by atoms with Gasteiger partial charge in [-0.2, -0.15) is 4.98 Å². The Morgan fingerprint density at radius 3 is 2.59 bits per heavy atom. The average Bonchev–Trinajstić information content (AvgIpc) is 3.11. The van der Waals surface area contributed by atoms with Crippen LogP contribution in [0.2, 0.25) is 10.0 Å². The number of nitrogens with zero attached hydrogens (tertiary/aromatic N) is 2. The fraction of sp³-hybridized carbons (Fsp3) is 0.167. The molecular weight excluding hydrogens is 398 g/mol. The molecule has 3 rings (SSSR count). The molecule has 0 aliphatic carbocycles. The van der Waals surface area contributed by atoms with Crippen LogP contribution in [0, 0.1) is 5.82 Å². The van der Waals surface area contributed by atoms with Crippen LogP contribution in [0.3, 0.4) is 0 Å². The number of benzene rings is 2. The van der Waals surface area contributed by atoms with Gasteiger partial charge in [0, 0.05) is 0 Å². The summed E-state index contributed by atoms with van der Waals surface area (Å²) in [7, 11) is 0. The predicted octanol–water partition coefficient (Wildman–Crippen LogP) is 4.38. The molecule has 0 saturated heterocycles. The molecule has 1 heterocycles. The molecule has 0 saturated carbocycles. The van der Waals surface area contributed by atoms with Gasteiger partial charge in [0.2, 0.25) is 5.82 Å². The normalized spacial score (nSPS) is 10.6. The Morgan fingerprint density at radius 2 is 1.85 bits per heavy atom. The van der Waals surface area contributed by atoms with E-state index in [1.54, 1.807) is 18.2 Å². The summed E-state index contributed by atoms with van der Waals surface area (Å²) in [5.74, 6) is 0.0449. The highest BCUT2D eigenvalue weighted by Gasteiger charge is 2.12. The Labute approximate surface area is 163 Å². The van der Waals surface area contributed by atoms with E-state index in [4.69, 9.17) is 37.2 Å². The maximum Gasteiger partial charge on any atom is 0.310 e. The number of ether oxygens (including phenoxy) is 2. The first-order chi connectivity index (χ1) is 13.0. The van der Waals surface area contributed by atoms with Crippen LogP contribution in [0.25, 0.3) is 0 Å². The van der Waals surface area contributed by atoms with E-state index in [9.17, 15) is 9.18 Å². The maximum absolute atomic E-state index is 12.8. The summed E-state index contributed by atoms with van der Waals surface area (Å²) >= 11 is 11.7. The molecule has 0 radical (unpaired) electrons. The van der Waals surface area contributed by atoms with Crippen molar-refractivity contribution in [3.63, 3.8) is 0 Å². The average molecular weight is 411 g/mol. The highest BCUT2D eigenvalue weighted by molar-refractivity contribution is 6.42. The predicted molar refractivity (Wildman–Crippen MR) is 95.0 cm³/mol. The molecule has 3 aromatic rings. The zero-order valence-electron chi connectivity index (χ0n) is 13.8. The smallest absolute Gasteiger partial charge is 0.310 e. The van der Waals surface area contributed by atoms with Crippen molar-refractivity contribution in [3.05, 3.63) is 75.6 Å². The zero-order chi connectivity index (χ0) is 19.2. The first-order valence-electron chi connectivity index (χ1n) is 7.79. The van der Waals surface area contributed by atoms with Crippen molar-refractivity contribution >= 4 is 29.2 Å². The summed E-state index contributed by atoms with van der Waals surface area (Å²) < 4.78 is 28.3. The van der Waals surface area contributed by atoms with E-state index in [-0.39, 0.29) is 37.2 Å². The quantitative estimate of drug-likeness (QED) is 0.538. The van der Waals surface area contributed by atoms with Crippen molar-refractivity contribution in [2.75, 3.05) is 0 Å². The summed E-state index contributed by atoms with van der Waals surface area (Å²) in [5.41, 5.74) is 0.674. The number of aromatic nitrogens is 2. The number of esters is 1. The van der Waals surface area contributed by atoms with E-state index in [1.807, 2.05) is 0 Å². The second kappa shape index (κ2) is 8.83. The van der Waals surface area contributed by atoms with E-state index >= 15 is 0 Å². The summed E-state index contributed by atoms with van der Waals surface area (Å²) in [4.78, 5) is 15.9. The fourth-order valence-electron chi connectivity index (χ4n) is 2.10. The lowest BCUT2D eigenvalue weighted by Gasteiger charge is -2.03. The van der Waals surface area contributed by atoms with E-state index in [0.717, 1.165) is 0 Å². The molecule has 0 fully saturated rings.